The van der Waals surface area contributed by atoms with Crippen LogP contribution in [0.4, 0.5) is 0 Å². The van der Waals surface area contributed by atoms with Crippen LogP contribution in [0.1, 0.15) is 35.3 Å². The van der Waals surface area contributed by atoms with Gasteiger partial charge in [-0.3, -0.25) is 14.4 Å². The van der Waals surface area contributed by atoms with E-state index in [1.807, 2.05) is 37.3 Å². The summed E-state index contributed by atoms with van der Waals surface area (Å²) in [6, 6.07) is 16.8. The molecule has 0 N–H and O–H groups in total. The highest BCUT2D eigenvalue weighted by Gasteiger charge is 2.39. The van der Waals surface area contributed by atoms with E-state index >= 15 is 0 Å². The highest BCUT2D eigenvalue weighted by atomic mass is 35.5. The van der Waals surface area contributed by atoms with Gasteiger partial charge in [0.25, 0.3) is 5.91 Å². The lowest BCUT2D eigenvalue weighted by atomic mass is 10.1. The molecule has 2 aromatic rings. The smallest absolute Gasteiger partial charge is 0.255 e. The van der Waals surface area contributed by atoms with E-state index in [-0.39, 0.29) is 36.1 Å². The first-order valence-electron chi connectivity index (χ1n) is 10.6. The summed E-state index contributed by atoms with van der Waals surface area (Å²) in [5.41, 5.74) is 1.55. The van der Waals surface area contributed by atoms with Gasteiger partial charge in [0.1, 0.15) is 0 Å². The highest BCUT2D eigenvalue weighted by Crippen LogP contribution is 2.29. The van der Waals surface area contributed by atoms with Gasteiger partial charge in [-0.15, -0.1) is 0 Å². The van der Waals surface area contributed by atoms with Crippen LogP contribution in [0.5, 0.6) is 0 Å². The standard InChI is InChI=1S/C24H26ClN3O3/c1-17(18-7-3-2-4-8-18)28-16-19(15-22(28)29)23(30)26-11-13-27(14-12-26)24(31)20-9-5-6-10-21(20)25/h2-10,17,19H,11-16H2,1H3/t17-,19+/m0/s1. The van der Waals surface area contributed by atoms with E-state index in [0.717, 1.165) is 5.56 Å². The third kappa shape index (κ3) is 4.44. The van der Waals surface area contributed by atoms with E-state index in [2.05, 4.69) is 0 Å². The lowest BCUT2D eigenvalue weighted by molar-refractivity contribution is -0.137. The molecule has 0 radical (unpaired) electrons. The first kappa shape index (κ1) is 21.4. The topological polar surface area (TPSA) is 60.9 Å². The van der Waals surface area contributed by atoms with Gasteiger partial charge in [-0.05, 0) is 24.6 Å². The summed E-state index contributed by atoms with van der Waals surface area (Å²) in [6.07, 6.45) is 0.245. The van der Waals surface area contributed by atoms with Crippen molar-refractivity contribution in [2.45, 2.75) is 19.4 Å². The predicted molar refractivity (Wildman–Crippen MR) is 119 cm³/mol. The molecule has 0 bridgehead atoms. The zero-order valence-corrected chi connectivity index (χ0v) is 18.3. The van der Waals surface area contributed by atoms with Crippen LogP contribution < -0.4 is 0 Å². The van der Waals surface area contributed by atoms with Gasteiger partial charge >= 0.3 is 0 Å². The molecule has 2 atom stereocenters. The van der Waals surface area contributed by atoms with Crippen LogP contribution in [-0.4, -0.2) is 65.1 Å². The first-order valence-corrected chi connectivity index (χ1v) is 11.0. The number of piperazine rings is 1. The van der Waals surface area contributed by atoms with E-state index in [9.17, 15) is 14.4 Å². The Hall–Kier alpha value is -2.86. The minimum atomic E-state index is -0.329. The molecule has 2 fully saturated rings. The van der Waals surface area contributed by atoms with E-state index in [1.165, 1.54) is 0 Å². The van der Waals surface area contributed by atoms with Crippen LogP contribution in [0.15, 0.2) is 54.6 Å². The first-order chi connectivity index (χ1) is 15.0. The van der Waals surface area contributed by atoms with E-state index in [4.69, 9.17) is 11.6 Å². The minimum Gasteiger partial charge on any atom is -0.339 e. The third-order valence-electron chi connectivity index (χ3n) is 6.24. The Morgan fingerprint density at radius 3 is 2.23 bits per heavy atom. The van der Waals surface area contributed by atoms with Gasteiger partial charge in [0, 0.05) is 39.1 Å². The van der Waals surface area contributed by atoms with E-state index in [0.29, 0.717) is 43.3 Å². The molecule has 2 aliphatic heterocycles. The molecule has 0 aliphatic carbocycles. The van der Waals surface area contributed by atoms with Crippen molar-refractivity contribution in [2.24, 2.45) is 5.92 Å². The molecular weight excluding hydrogens is 414 g/mol. The molecular formula is C24H26ClN3O3. The molecule has 3 amide bonds. The van der Waals surface area contributed by atoms with Crippen LogP contribution in [0.3, 0.4) is 0 Å². The van der Waals surface area contributed by atoms with Gasteiger partial charge in [-0.25, -0.2) is 0 Å². The maximum atomic E-state index is 13.1. The van der Waals surface area contributed by atoms with Crippen molar-refractivity contribution >= 4 is 29.3 Å². The summed E-state index contributed by atoms with van der Waals surface area (Å²) in [5, 5.41) is 0.433. The molecule has 2 aromatic carbocycles. The van der Waals surface area contributed by atoms with Gasteiger partial charge in [0.05, 0.1) is 22.5 Å². The maximum Gasteiger partial charge on any atom is 0.255 e. The Morgan fingerprint density at radius 2 is 1.55 bits per heavy atom. The van der Waals surface area contributed by atoms with Gasteiger partial charge in [-0.2, -0.15) is 0 Å². The third-order valence-corrected chi connectivity index (χ3v) is 6.57. The van der Waals surface area contributed by atoms with Crippen LogP contribution in [0.2, 0.25) is 5.02 Å². The number of likely N-dealkylation sites (tertiary alicyclic amines) is 1. The fourth-order valence-corrected chi connectivity index (χ4v) is 4.59. The van der Waals surface area contributed by atoms with Crippen LogP contribution >= 0.6 is 11.6 Å². The zero-order chi connectivity index (χ0) is 22.0. The molecule has 0 unspecified atom stereocenters. The minimum absolute atomic E-state index is 0.000883. The van der Waals surface area contributed by atoms with Crippen molar-refractivity contribution in [3.63, 3.8) is 0 Å². The molecule has 162 valence electrons. The molecule has 6 nitrogen and oxygen atoms in total. The van der Waals surface area contributed by atoms with Crippen molar-refractivity contribution in [3.8, 4) is 0 Å². The van der Waals surface area contributed by atoms with Crippen molar-refractivity contribution < 1.29 is 14.4 Å². The fraction of sp³-hybridized carbons (Fsp3) is 0.375. The number of hydrogen-bond donors (Lipinski definition) is 0. The number of halogens is 1. The van der Waals surface area contributed by atoms with Gasteiger partial charge in [0.2, 0.25) is 11.8 Å². The molecule has 0 spiro atoms. The number of amides is 3. The number of hydrogen-bond acceptors (Lipinski definition) is 3. The van der Waals surface area contributed by atoms with Crippen molar-refractivity contribution in [2.75, 3.05) is 32.7 Å². The average molecular weight is 440 g/mol. The summed E-state index contributed by atoms with van der Waals surface area (Å²) < 4.78 is 0. The van der Waals surface area contributed by atoms with Crippen molar-refractivity contribution in [3.05, 3.63) is 70.7 Å². The van der Waals surface area contributed by atoms with E-state index in [1.54, 1.807) is 39.0 Å². The van der Waals surface area contributed by atoms with Crippen molar-refractivity contribution in [1.82, 2.24) is 14.7 Å². The molecule has 7 heteroatoms. The molecule has 0 aromatic heterocycles. The Bertz CT molecular complexity index is 973. The summed E-state index contributed by atoms with van der Waals surface area (Å²) in [6.45, 7) is 4.29. The second kappa shape index (κ2) is 9.10. The Morgan fingerprint density at radius 1 is 0.935 bits per heavy atom. The molecule has 2 heterocycles. The summed E-state index contributed by atoms with van der Waals surface area (Å²) in [4.78, 5) is 43.7. The number of carbonyl (C=O) groups is 3. The second-order valence-corrected chi connectivity index (χ2v) is 8.54. The number of benzene rings is 2. The Balaban J connectivity index is 1.34. The molecule has 2 aliphatic rings. The monoisotopic (exact) mass is 439 g/mol. The van der Waals surface area contributed by atoms with Gasteiger partial charge < -0.3 is 14.7 Å². The summed E-state index contributed by atoms with van der Waals surface area (Å²) in [7, 11) is 0. The molecule has 31 heavy (non-hydrogen) atoms. The fourth-order valence-electron chi connectivity index (χ4n) is 4.38. The number of carbonyl (C=O) groups excluding carboxylic acids is 3. The SMILES string of the molecule is C[C@@H](c1ccccc1)N1C[C@H](C(=O)N2CCN(C(=O)c3ccccc3Cl)CC2)CC1=O. The Labute approximate surface area is 187 Å². The van der Waals surface area contributed by atoms with Crippen LogP contribution in [0.25, 0.3) is 0 Å². The molecule has 0 saturated carbocycles. The Kier molecular flexibility index (Phi) is 6.28. The normalized spacial score (nSPS) is 20.1. The number of rotatable bonds is 4. The molecule has 2 saturated heterocycles. The van der Waals surface area contributed by atoms with Gasteiger partial charge in [-0.1, -0.05) is 54.1 Å². The number of nitrogens with zero attached hydrogens (tertiary/aromatic N) is 3. The lowest BCUT2D eigenvalue weighted by Crippen LogP contribution is -2.52. The van der Waals surface area contributed by atoms with Crippen molar-refractivity contribution in [1.29, 1.82) is 0 Å². The zero-order valence-electron chi connectivity index (χ0n) is 17.5. The highest BCUT2D eigenvalue weighted by molar-refractivity contribution is 6.33. The summed E-state index contributed by atoms with van der Waals surface area (Å²) >= 11 is 6.15. The lowest BCUT2D eigenvalue weighted by Gasteiger charge is -2.36. The van der Waals surface area contributed by atoms with Crippen LogP contribution in [-0.2, 0) is 9.59 Å². The van der Waals surface area contributed by atoms with Crippen LogP contribution in [0, 0.1) is 5.92 Å². The summed E-state index contributed by atoms with van der Waals surface area (Å²) in [5.74, 6) is -0.427. The quantitative estimate of drug-likeness (QED) is 0.734. The second-order valence-electron chi connectivity index (χ2n) is 8.13. The van der Waals surface area contributed by atoms with Gasteiger partial charge in [0.15, 0.2) is 0 Å². The average Bonchev–Trinajstić information content (AvgIpc) is 3.20. The van der Waals surface area contributed by atoms with E-state index < -0.39 is 0 Å². The largest absolute Gasteiger partial charge is 0.339 e. The molecule has 4 rings (SSSR count). The maximum absolute atomic E-state index is 13.1. The predicted octanol–water partition coefficient (Wildman–Crippen LogP) is 3.23.